The first kappa shape index (κ1) is 14.8. The lowest BCUT2D eigenvalue weighted by Gasteiger charge is -2.12. The molecule has 4 nitrogen and oxygen atoms in total. The molecule has 2 N–H and O–H groups in total. The first-order valence-electron chi connectivity index (χ1n) is 5.90. The van der Waals surface area contributed by atoms with Crippen LogP contribution in [0, 0.1) is 0 Å². The zero-order valence-corrected chi connectivity index (χ0v) is 12.7. The van der Waals surface area contributed by atoms with Crippen molar-refractivity contribution in [3.05, 3.63) is 47.5 Å². The van der Waals surface area contributed by atoms with Crippen LogP contribution in [-0.2, 0) is 10.0 Å². The van der Waals surface area contributed by atoms with E-state index in [-0.39, 0.29) is 4.90 Å². The number of sulfonamides is 1. The molecule has 0 amide bonds. The molecule has 0 aliphatic heterocycles. The lowest BCUT2D eigenvalue weighted by Crippen LogP contribution is -2.22. The molecule has 6 heteroatoms. The van der Waals surface area contributed by atoms with Crippen molar-refractivity contribution in [1.29, 1.82) is 0 Å². The highest BCUT2D eigenvalue weighted by atomic mass is 35.5. The zero-order valence-electron chi connectivity index (χ0n) is 11.2. The molecule has 0 aliphatic carbocycles. The van der Waals surface area contributed by atoms with Crippen LogP contribution in [0.25, 0.3) is 11.1 Å². The average molecular weight is 311 g/mol. The van der Waals surface area contributed by atoms with Gasteiger partial charge < -0.3 is 5.73 Å². The first-order valence-corrected chi connectivity index (χ1v) is 7.72. The highest BCUT2D eigenvalue weighted by Gasteiger charge is 2.16. The number of nitrogen functional groups attached to an aromatic ring is 1. The number of rotatable bonds is 3. The molecule has 106 valence electrons. The van der Waals surface area contributed by atoms with Crippen LogP contribution in [0.1, 0.15) is 0 Å². The number of nitrogens with zero attached hydrogens (tertiary/aromatic N) is 1. The van der Waals surface area contributed by atoms with Crippen molar-refractivity contribution in [3.8, 4) is 11.1 Å². The van der Waals surface area contributed by atoms with Gasteiger partial charge in [0.2, 0.25) is 10.0 Å². The van der Waals surface area contributed by atoms with Crippen LogP contribution >= 0.6 is 11.6 Å². The van der Waals surface area contributed by atoms with Crippen LogP contribution in [0.3, 0.4) is 0 Å². The maximum atomic E-state index is 12.0. The fourth-order valence-electron chi connectivity index (χ4n) is 1.74. The molecule has 0 fully saturated rings. The molecule has 2 rings (SSSR count). The van der Waals surface area contributed by atoms with Gasteiger partial charge in [-0.2, -0.15) is 0 Å². The molecule has 0 aliphatic rings. The fourth-order valence-corrected chi connectivity index (χ4v) is 2.82. The molecule has 2 aromatic carbocycles. The highest BCUT2D eigenvalue weighted by molar-refractivity contribution is 7.89. The highest BCUT2D eigenvalue weighted by Crippen LogP contribution is 2.27. The second kappa shape index (κ2) is 5.44. The van der Waals surface area contributed by atoms with Crippen LogP contribution in [0.5, 0.6) is 0 Å². The lowest BCUT2D eigenvalue weighted by molar-refractivity contribution is 0.521. The van der Waals surface area contributed by atoms with Crippen LogP contribution < -0.4 is 5.73 Å². The molecule has 0 saturated carbocycles. The summed E-state index contributed by atoms with van der Waals surface area (Å²) in [7, 11) is -0.398. The standard InChI is InChI=1S/C14H15ClN2O2S/c1-17(2)20(18,19)12-6-3-10(4-7-12)11-5-8-14(16)13(15)9-11/h3-9H,16H2,1-2H3. The van der Waals surface area contributed by atoms with Gasteiger partial charge in [0.15, 0.2) is 0 Å². The van der Waals surface area contributed by atoms with Gasteiger partial charge in [-0.3, -0.25) is 0 Å². The monoisotopic (exact) mass is 310 g/mol. The molecular weight excluding hydrogens is 296 g/mol. The van der Waals surface area contributed by atoms with Crippen LogP contribution in [0.15, 0.2) is 47.4 Å². The Bertz CT molecular complexity index is 725. The SMILES string of the molecule is CN(C)S(=O)(=O)c1ccc(-c2ccc(N)c(Cl)c2)cc1. The van der Waals surface area contributed by atoms with E-state index in [2.05, 4.69) is 0 Å². The Morgan fingerprint density at radius 2 is 1.55 bits per heavy atom. The van der Waals surface area contributed by atoms with Crippen molar-refractivity contribution in [3.63, 3.8) is 0 Å². The predicted octanol–water partition coefficient (Wildman–Crippen LogP) is 2.84. The van der Waals surface area contributed by atoms with E-state index in [1.165, 1.54) is 18.4 Å². The van der Waals surface area contributed by atoms with E-state index in [0.717, 1.165) is 11.1 Å². The van der Waals surface area contributed by atoms with E-state index >= 15 is 0 Å². The van der Waals surface area contributed by atoms with Gasteiger partial charge in [0.1, 0.15) is 0 Å². The third kappa shape index (κ3) is 2.80. The molecule has 0 radical (unpaired) electrons. The first-order chi connectivity index (χ1) is 9.32. The second-order valence-corrected chi connectivity index (χ2v) is 7.11. The van der Waals surface area contributed by atoms with Crippen molar-refractivity contribution in [2.45, 2.75) is 4.90 Å². The quantitative estimate of drug-likeness (QED) is 0.887. The molecule has 20 heavy (non-hydrogen) atoms. The molecule has 0 unspecified atom stereocenters. The largest absolute Gasteiger partial charge is 0.398 e. The Labute approximate surface area is 123 Å². The van der Waals surface area contributed by atoms with Crippen molar-refractivity contribution in [2.75, 3.05) is 19.8 Å². The van der Waals surface area contributed by atoms with Crippen molar-refractivity contribution in [1.82, 2.24) is 4.31 Å². The van der Waals surface area contributed by atoms with Crippen molar-refractivity contribution >= 4 is 27.3 Å². The van der Waals surface area contributed by atoms with Crippen LogP contribution in [-0.4, -0.2) is 26.8 Å². The van der Waals surface area contributed by atoms with Gasteiger partial charge in [0.05, 0.1) is 15.6 Å². The van der Waals surface area contributed by atoms with E-state index in [4.69, 9.17) is 17.3 Å². The molecule has 0 bridgehead atoms. The Morgan fingerprint density at radius 1 is 1.00 bits per heavy atom. The minimum absolute atomic E-state index is 0.257. The van der Waals surface area contributed by atoms with E-state index in [1.807, 2.05) is 6.07 Å². The van der Waals surface area contributed by atoms with Gasteiger partial charge in [0.25, 0.3) is 0 Å². The topological polar surface area (TPSA) is 63.4 Å². The molecule has 0 spiro atoms. The number of nitrogens with two attached hydrogens (primary N) is 1. The summed E-state index contributed by atoms with van der Waals surface area (Å²) in [5.41, 5.74) is 7.95. The minimum atomic E-state index is -3.40. The van der Waals surface area contributed by atoms with Gasteiger partial charge in [0, 0.05) is 14.1 Å². The Kier molecular flexibility index (Phi) is 4.04. The number of benzene rings is 2. The Balaban J connectivity index is 2.40. The van der Waals surface area contributed by atoms with E-state index in [9.17, 15) is 8.42 Å². The van der Waals surface area contributed by atoms with Gasteiger partial charge in [-0.15, -0.1) is 0 Å². The lowest BCUT2D eigenvalue weighted by atomic mass is 10.1. The summed E-state index contributed by atoms with van der Waals surface area (Å²) in [6.45, 7) is 0. The summed E-state index contributed by atoms with van der Waals surface area (Å²) in [6, 6.07) is 12.0. The third-order valence-electron chi connectivity index (χ3n) is 2.97. The summed E-state index contributed by atoms with van der Waals surface area (Å²) >= 11 is 5.98. The Hall–Kier alpha value is -1.56. The Morgan fingerprint density at radius 3 is 2.05 bits per heavy atom. The summed E-state index contributed by atoms with van der Waals surface area (Å²) < 4.78 is 25.1. The smallest absolute Gasteiger partial charge is 0.242 e. The number of anilines is 1. The van der Waals surface area contributed by atoms with Crippen LogP contribution in [0.4, 0.5) is 5.69 Å². The summed E-state index contributed by atoms with van der Waals surface area (Å²) in [5.74, 6) is 0. The predicted molar refractivity (Wildman–Crippen MR) is 82.2 cm³/mol. The number of hydrogen-bond acceptors (Lipinski definition) is 3. The van der Waals surface area contributed by atoms with Crippen LogP contribution in [0.2, 0.25) is 5.02 Å². The summed E-state index contributed by atoms with van der Waals surface area (Å²) in [5, 5.41) is 0.479. The molecule has 0 heterocycles. The maximum absolute atomic E-state index is 12.0. The van der Waals surface area contributed by atoms with E-state index in [1.54, 1.807) is 36.4 Å². The molecule has 0 atom stereocenters. The van der Waals surface area contributed by atoms with Gasteiger partial charge in [-0.25, -0.2) is 12.7 Å². The van der Waals surface area contributed by atoms with E-state index < -0.39 is 10.0 Å². The average Bonchev–Trinajstić information content (AvgIpc) is 2.42. The molecule has 0 saturated heterocycles. The van der Waals surface area contributed by atoms with Crippen molar-refractivity contribution < 1.29 is 8.42 Å². The van der Waals surface area contributed by atoms with Gasteiger partial charge in [-0.05, 0) is 35.4 Å². The normalized spacial score (nSPS) is 11.8. The van der Waals surface area contributed by atoms with E-state index in [0.29, 0.717) is 10.7 Å². The molecular formula is C14H15ClN2O2S. The number of hydrogen-bond donors (Lipinski definition) is 1. The zero-order chi connectivity index (χ0) is 14.9. The summed E-state index contributed by atoms with van der Waals surface area (Å²) in [4.78, 5) is 0.257. The summed E-state index contributed by atoms with van der Waals surface area (Å²) in [6.07, 6.45) is 0. The third-order valence-corrected chi connectivity index (χ3v) is 5.12. The minimum Gasteiger partial charge on any atom is -0.398 e. The van der Waals surface area contributed by atoms with Gasteiger partial charge >= 0.3 is 0 Å². The van der Waals surface area contributed by atoms with Gasteiger partial charge in [-0.1, -0.05) is 29.8 Å². The maximum Gasteiger partial charge on any atom is 0.242 e. The van der Waals surface area contributed by atoms with Crippen molar-refractivity contribution in [2.24, 2.45) is 0 Å². The molecule has 0 aromatic heterocycles. The second-order valence-electron chi connectivity index (χ2n) is 4.55. The number of halogens is 1. The fraction of sp³-hybridized carbons (Fsp3) is 0.143. The molecule has 2 aromatic rings.